The van der Waals surface area contributed by atoms with E-state index in [9.17, 15) is 22.3 Å². The Morgan fingerprint density at radius 2 is 1.72 bits per heavy atom. The van der Waals surface area contributed by atoms with Crippen LogP contribution in [0.25, 0.3) is 0 Å². The number of rotatable bonds is 5. The maximum atomic E-state index is 13.5. The third-order valence-electron chi connectivity index (χ3n) is 6.07. The van der Waals surface area contributed by atoms with Crippen molar-refractivity contribution in [3.63, 3.8) is 0 Å². The lowest BCUT2D eigenvalue weighted by Crippen LogP contribution is -2.32. The molecular weight excluding hydrogens is 450 g/mol. The van der Waals surface area contributed by atoms with Crippen LogP contribution in [0.1, 0.15) is 53.8 Å². The maximum absolute atomic E-state index is 13.5. The topological polar surface area (TPSA) is 104 Å². The maximum Gasteiger partial charge on any atom is 0.257 e. The monoisotopic (exact) mass is 479 g/mol. The Morgan fingerprint density at radius 3 is 2.34 bits per heavy atom. The van der Waals surface area contributed by atoms with Crippen molar-refractivity contribution in [2.75, 3.05) is 25.4 Å². The lowest BCUT2D eigenvalue weighted by Gasteiger charge is -2.28. The zero-order chi connectivity index (χ0) is 22.9. The third-order valence-corrected chi connectivity index (χ3v) is 10.2. The Kier molecular flexibility index (Phi) is 6.53. The summed E-state index contributed by atoms with van der Waals surface area (Å²) in [6.07, 6.45) is 3.99. The van der Waals surface area contributed by atoms with E-state index in [0.717, 1.165) is 25.7 Å². The first-order valence-electron chi connectivity index (χ1n) is 10.9. The molecule has 174 valence electrons. The van der Waals surface area contributed by atoms with Crippen LogP contribution in [0.15, 0.2) is 52.3 Å². The number of benzene rings is 2. The molecule has 4 rings (SSSR count). The molecular formula is C23H29NO6S2. The van der Waals surface area contributed by atoms with Gasteiger partial charge < -0.3 is 9.64 Å². The fraction of sp³-hybridized carbons (Fsp3) is 0.435. The van der Waals surface area contributed by atoms with Crippen molar-refractivity contribution >= 4 is 26.3 Å². The summed E-state index contributed by atoms with van der Waals surface area (Å²) >= 11 is 0. The number of hydrogen-bond donors (Lipinski definition) is 2. The van der Waals surface area contributed by atoms with Gasteiger partial charge in [-0.1, -0.05) is 31.0 Å². The van der Waals surface area contributed by atoms with Gasteiger partial charge in [-0.3, -0.25) is 13.9 Å². The van der Waals surface area contributed by atoms with Crippen LogP contribution in [0.4, 0.5) is 0 Å². The number of ether oxygens (including phenoxy) is 1. The van der Waals surface area contributed by atoms with Gasteiger partial charge in [0.25, 0.3) is 5.91 Å². The Bertz CT molecular complexity index is 1090. The molecule has 1 fully saturated rings. The van der Waals surface area contributed by atoms with Crippen molar-refractivity contribution in [3.8, 4) is 5.75 Å². The van der Waals surface area contributed by atoms with Crippen LogP contribution in [0.2, 0.25) is 0 Å². The van der Waals surface area contributed by atoms with Gasteiger partial charge in [0.15, 0.2) is 9.84 Å². The molecule has 0 aliphatic carbocycles. The number of fused-ring (bicyclic) bond motifs is 1. The second-order valence-electron chi connectivity index (χ2n) is 8.17. The SMILES string of the molecule is CCOc1c(C(=O)N2CCCCCC2)ccc2c1C(S(=O)(=O)c1ccccc1)CS2(O)O. The lowest BCUT2D eigenvalue weighted by molar-refractivity contribution is 0.0757. The highest BCUT2D eigenvalue weighted by atomic mass is 32.3. The Morgan fingerprint density at radius 1 is 1.06 bits per heavy atom. The predicted octanol–water partition coefficient (Wildman–Crippen LogP) is 4.74. The summed E-state index contributed by atoms with van der Waals surface area (Å²) in [6, 6.07) is 11.0. The summed E-state index contributed by atoms with van der Waals surface area (Å²) in [4.78, 5) is 15.4. The second kappa shape index (κ2) is 9.05. The van der Waals surface area contributed by atoms with Gasteiger partial charge in [-0.15, -0.1) is 0 Å². The first-order chi connectivity index (χ1) is 15.3. The van der Waals surface area contributed by atoms with Gasteiger partial charge in [-0.2, -0.15) is 10.6 Å². The van der Waals surface area contributed by atoms with E-state index in [-0.39, 0.29) is 44.9 Å². The quantitative estimate of drug-likeness (QED) is 0.642. The molecule has 1 amide bonds. The number of hydrogen-bond acceptors (Lipinski definition) is 6. The van der Waals surface area contributed by atoms with Gasteiger partial charge in [0.2, 0.25) is 0 Å². The third kappa shape index (κ3) is 4.14. The van der Waals surface area contributed by atoms with Crippen molar-refractivity contribution in [2.45, 2.75) is 47.6 Å². The fourth-order valence-electron chi connectivity index (χ4n) is 4.49. The molecule has 1 unspecified atom stereocenters. The molecule has 32 heavy (non-hydrogen) atoms. The lowest BCUT2D eigenvalue weighted by atomic mass is 10.0. The molecule has 2 aromatic rings. The molecule has 0 radical (unpaired) electrons. The van der Waals surface area contributed by atoms with Gasteiger partial charge in [-0.05, 0) is 44.0 Å². The van der Waals surface area contributed by atoms with Gasteiger partial charge in [0, 0.05) is 18.7 Å². The Labute approximate surface area is 190 Å². The molecule has 1 saturated heterocycles. The van der Waals surface area contributed by atoms with E-state index in [0.29, 0.717) is 13.1 Å². The van der Waals surface area contributed by atoms with Crippen LogP contribution in [0, 0.1) is 0 Å². The normalized spacial score (nSPS) is 21.5. The summed E-state index contributed by atoms with van der Waals surface area (Å²) < 4.78 is 54.4. The average Bonchev–Trinajstić information content (AvgIpc) is 2.93. The van der Waals surface area contributed by atoms with Crippen molar-refractivity contribution in [1.82, 2.24) is 4.90 Å². The molecule has 9 heteroatoms. The highest BCUT2D eigenvalue weighted by Crippen LogP contribution is 2.63. The first-order valence-corrected chi connectivity index (χ1v) is 14.2. The largest absolute Gasteiger partial charge is 0.493 e. The molecule has 0 aromatic heterocycles. The molecule has 7 nitrogen and oxygen atoms in total. The zero-order valence-corrected chi connectivity index (χ0v) is 19.7. The van der Waals surface area contributed by atoms with Crippen LogP contribution in [0.5, 0.6) is 5.75 Å². The number of carbonyl (C=O) groups is 1. The van der Waals surface area contributed by atoms with E-state index in [1.807, 2.05) is 0 Å². The molecule has 2 N–H and O–H groups in total. The fourth-order valence-corrected chi connectivity index (χ4v) is 8.90. The van der Waals surface area contributed by atoms with Crippen LogP contribution in [-0.4, -0.2) is 53.8 Å². The van der Waals surface area contributed by atoms with Crippen molar-refractivity contribution in [3.05, 3.63) is 53.6 Å². The van der Waals surface area contributed by atoms with Crippen molar-refractivity contribution in [2.24, 2.45) is 0 Å². The molecule has 2 aromatic carbocycles. The molecule has 0 spiro atoms. The van der Waals surface area contributed by atoms with Gasteiger partial charge in [0.1, 0.15) is 11.0 Å². The number of carbonyl (C=O) groups excluding carboxylic acids is 1. The number of amides is 1. The minimum absolute atomic E-state index is 0.0970. The standard InChI is InChI=1S/C23H29NO6S2/c1-2-30-22-18(23(25)24-14-8-3-4-9-15-24)12-13-19-21(22)20(16-31(19,26)27)32(28,29)17-10-6-5-7-11-17/h5-7,10-13,20,26-27H,2-4,8-9,14-16H2,1H3. The van der Waals surface area contributed by atoms with Crippen LogP contribution < -0.4 is 4.74 Å². The van der Waals surface area contributed by atoms with Crippen LogP contribution in [-0.2, 0) is 9.84 Å². The van der Waals surface area contributed by atoms with E-state index >= 15 is 0 Å². The van der Waals surface area contributed by atoms with Crippen molar-refractivity contribution < 1.29 is 27.1 Å². The van der Waals surface area contributed by atoms with Crippen LogP contribution in [0.3, 0.4) is 0 Å². The van der Waals surface area contributed by atoms with E-state index < -0.39 is 25.7 Å². The predicted molar refractivity (Wildman–Crippen MR) is 124 cm³/mol. The van der Waals surface area contributed by atoms with E-state index in [4.69, 9.17) is 4.74 Å². The highest BCUT2D eigenvalue weighted by molar-refractivity contribution is 8.25. The van der Waals surface area contributed by atoms with E-state index in [1.54, 1.807) is 36.1 Å². The summed E-state index contributed by atoms with van der Waals surface area (Å²) in [6.45, 7) is 3.26. The first kappa shape index (κ1) is 23.1. The van der Waals surface area contributed by atoms with Crippen molar-refractivity contribution in [1.29, 1.82) is 0 Å². The highest BCUT2D eigenvalue weighted by Gasteiger charge is 2.46. The second-order valence-corrected chi connectivity index (χ2v) is 12.4. The summed E-state index contributed by atoms with van der Waals surface area (Å²) in [7, 11) is -7.29. The zero-order valence-electron chi connectivity index (χ0n) is 18.1. The minimum atomic E-state index is -3.94. The number of sulfone groups is 1. The van der Waals surface area contributed by atoms with Gasteiger partial charge in [0.05, 0.1) is 27.7 Å². The molecule has 2 heterocycles. The minimum Gasteiger partial charge on any atom is -0.493 e. The molecule has 2 aliphatic rings. The van der Waals surface area contributed by atoms with Gasteiger partial charge >= 0.3 is 0 Å². The molecule has 1 atom stereocenters. The Balaban J connectivity index is 1.86. The summed E-state index contributed by atoms with van der Waals surface area (Å²) in [5.74, 6) is -0.403. The number of nitrogens with zero attached hydrogens (tertiary/aromatic N) is 1. The summed E-state index contributed by atoms with van der Waals surface area (Å²) in [5.41, 5.74) is 0.481. The van der Waals surface area contributed by atoms with Crippen LogP contribution >= 0.6 is 10.6 Å². The molecule has 0 saturated carbocycles. The molecule has 0 bridgehead atoms. The smallest absolute Gasteiger partial charge is 0.257 e. The Hall–Kier alpha value is -2.07. The van der Waals surface area contributed by atoms with E-state index in [1.165, 1.54) is 18.2 Å². The molecule has 2 aliphatic heterocycles. The average molecular weight is 480 g/mol. The van der Waals surface area contributed by atoms with E-state index in [2.05, 4.69) is 0 Å². The van der Waals surface area contributed by atoms with Gasteiger partial charge in [-0.25, -0.2) is 8.42 Å². The number of likely N-dealkylation sites (tertiary alicyclic amines) is 1. The summed E-state index contributed by atoms with van der Waals surface area (Å²) in [5, 5.41) is -1.21.